The summed E-state index contributed by atoms with van der Waals surface area (Å²) in [6.07, 6.45) is 1.90. The topological polar surface area (TPSA) is 44.6 Å². The smallest absolute Gasteiger partial charge is 0.124 e. The van der Waals surface area contributed by atoms with Gasteiger partial charge < -0.3 is 10.4 Å². The van der Waals surface area contributed by atoms with Gasteiger partial charge in [0.15, 0.2) is 0 Å². The quantitative estimate of drug-likeness (QED) is 0.623. The van der Waals surface area contributed by atoms with Crippen LogP contribution in [-0.4, -0.2) is 23.9 Å². The van der Waals surface area contributed by atoms with Gasteiger partial charge in [0.2, 0.25) is 0 Å². The first-order valence-corrected chi connectivity index (χ1v) is 9.67. The van der Waals surface area contributed by atoms with Crippen molar-refractivity contribution < 1.29 is 9.50 Å². The van der Waals surface area contributed by atoms with E-state index in [4.69, 9.17) is 16.6 Å². The highest BCUT2D eigenvalue weighted by Gasteiger charge is 2.21. The molecule has 0 saturated carbocycles. The van der Waals surface area contributed by atoms with Gasteiger partial charge >= 0.3 is 0 Å². The van der Waals surface area contributed by atoms with E-state index in [0.717, 1.165) is 22.3 Å². The van der Waals surface area contributed by atoms with Crippen LogP contribution in [0.2, 0.25) is 5.02 Å². The molecular formula is C23H28ClFN2O. The third kappa shape index (κ3) is 5.21. The van der Waals surface area contributed by atoms with Crippen LogP contribution >= 0.6 is 11.6 Å². The van der Waals surface area contributed by atoms with E-state index in [2.05, 4.69) is 5.32 Å². The van der Waals surface area contributed by atoms with Gasteiger partial charge in [0.05, 0.1) is 16.3 Å². The number of nitrogens with zero attached hydrogens (tertiary/aromatic N) is 1. The van der Waals surface area contributed by atoms with E-state index in [1.165, 1.54) is 12.1 Å². The fourth-order valence-electron chi connectivity index (χ4n) is 2.98. The average molecular weight is 403 g/mol. The molecule has 0 heterocycles. The molecule has 0 atom stereocenters. The largest absolute Gasteiger partial charge is 0.394 e. The van der Waals surface area contributed by atoms with Gasteiger partial charge in [-0.3, -0.25) is 4.99 Å². The molecule has 0 fully saturated rings. The Balaban J connectivity index is 2.81. The minimum Gasteiger partial charge on any atom is -0.394 e. The van der Waals surface area contributed by atoms with E-state index < -0.39 is 5.60 Å². The molecule has 0 radical (unpaired) electrons. The van der Waals surface area contributed by atoms with Crippen molar-refractivity contribution in [3.63, 3.8) is 0 Å². The molecule has 2 aromatic carbocycles. The van der Waals surface area contributed by atoms with Crippen LogP contribution in [0.5, 0.6) is 0 Å². The van der Waals surface area contributed by atoms with E-state index in [1.54, 1.807) is 19.9 Å². The number of benzene rings is 2. The minimum atomic E-state index is -0.976. The zero-order valence-electron chi connectivity index (χ0n) is 17.3. The van der Waals surface area contributed by atoms with Crippen LogP contribution < -0.4 is 5.32 Å². The van der Waals surface area contributed by atoms with Crippen LogP contribution in [0.15, 0.2) is 47.6 Å². The number of halogens is 2. The van der Waals surface area contributed by atoms with Crippen molar-refractivity contribution in [1.29, 1.82) is 0 Å². The van der Waals surface area contributed by atoms with Crippen molar-refractivity contribution >= 4 is 22.9 Å². The van der Waals surface area contributed by atoms with Crippen LogP contribution in [0.3, 0.4) is 0 Å². The molecule has 5 heteroatoms. The zero-order valence-corrected chi connectivity index (χ0v) is 18.0. The van der Waals surface area contributed by atoms with E-state index in [-0.39, 0.29) is 11.9 Å². The second-order valence-electron chi connectivity index (χ2n) is 7.63. The van der Waals surface area contributed by atoms with Gasteiger partial charge in [-0.1, -0.05) is 23.7 Å². The number of aliphatic imine (C=N–C) groups is 1. The molecule has 0 bridgehead atoms. The maximum Gasteiger partial charge on any atom is 0.124 e. The highest BCUT2D eigenvalue weighted by Crippen LogP contribution is 2.30. The Morgan fingerprint density at radius 1 is 1.14 bits per heavy atom. The highest BCUT2D eigenvalue weighted by molar-refractivity contribution is 6.35. The predicted octanol–water partition coefficient (Wildman–Crippen LogP) is 5.53. The van der Waals surface area contributed by atoms with Crippen LogP contribution in [0.25, 0.3) is 5.57 Å². The molecule has 0 unspecified atom stereocenters. The fraction of sp³-hybridized carbons (Fsp3) is 0.348. The first-order chi connectivity index (χ1) is 13.0. The van der Waals surface area contributed by atoms with E-state index in [9.17, 15) is 9.50 Å². The van der Waals surface area contributed by atoms with Gasteiger partial charge in [0.25, 0.3) is 0 Å². The molecule has 0 aliphatic heterocycles. The summed E-state index contributed by atoms with van der Waals surface area (Å²) >= 11 is 6.37. The van der Waals surface area contributed by atoms with Gasteiger partial charge in [-0.05, 0) is 81.8 Å². The molecule has 2 rings (SSSR count). The third-order valence-electron chi connectivity index (χ3n) is 4.34. The second-order valence-corrected chi connectivity index (χ2v) is 8.04. The zero-order chi connectivity index (χ0) is 21.1. The van der Waals surface area contributed by atoms with Crippen LogP contribution in [0.4, 0.5) is 4.39 Å². The average Bonchev–Trinajstić information content (AvgIpc) is 2.59. The highest BCUT2D eigenvalue weighted by atomic mass is 35.5. The lowest BCUT2D eigenvalue weighted by molar-refractivity contribution is 0.0786. The van der Waals surface area contributed by atoms with Gasteiger partial charge in [0.1, 0.15) is 5.82 Å². The molecule has 0 saturated heterocycles. The number of hydrogen-bond acceptors (Lipinski definition) is 3. The van der Waals surface area contributed by atoms with Crippen molar-refractivity contribution in [3.8, 4) is 0 Å². The van der Waals surface area contributed by atoms with Crippen molar-refractivity contribution in [2.75, 3.05) is 7.05 Å². The van der Waals surface area contributed by atoms with E-state index >= 15 is 0 Å². The van der Waals surface area contributed by atoms with Gasteiger partial charge in [-0.15, -0.1) is 0 Å². The summed E-state index contributed by atoms with van der Waals surface area (Å²) < 4.78 is 13.6. The Morgan fingerprint density at radius 3 is 2.32 bits per heavy atom. The molecule has 0 aliphatic carbocycles. The Kier molecular flexibility index (Phi) is 7.02. The van der Waals surface area contributed by atoms with Crippen molar-refractivity contribution in [1.82, 2.24) is 5.32 Å². The van der Waals surface area contributed by atoms with Crippen LogP contribution in [0, 0.1) is 5.82 Å². The van der Waals surface area contributed by atoms with Crippen LogP contribution in [0.1, 0.15) is 56.9 Å². The third-order valence-corrected chi connectivity index (χ3v) is 4.65. The molecule has 2 aromatic rings. The lowest BCUT2D eigenvalue weighted by Crippen LogP contribution is -2.17. The number of rotatable bonds is 6. The summed E-state index contributed by atoms with van der Waals surface area (Å²) in [7, 11) is 1.84. The molecule has 28 heavy (non-hydrogen) atoms. The Bertz CT molecular complexity index is 911. The van der Waals surface area contributed by atoms with Crippen molar-refractivity contribution in [2.24, 2.45) is 4.99 Å². The van der Waals surface area contributed by atoms with Crippen molar-refractivity contribution in [2.45, 2.75) is 46.3 Å². The normalized spacial score (nSPS) is 13.2. The van der Waals surface area contributed by atoms with Crippen molar-refractivity contribution in [3.05, 3.63) is 75.7 Å². The summed E-state index contributed by atoms with van der Waals surface area (Å²) in [6.45, 7) is 9.46. The van der Waals surface area contributed by atoms with Gasteiger partial charge in [-0.25, -0.2) is 4.39 Å². The summed E-state index contributed by atoms with van der Waals surface area (Å²) in [5, 5.41) is 13.8. The molecule has 0 amide bonds. The second kappa shape index (κ2) is 8.89. The molecule has 3 nitrogen and oxygen atoms in total. The maximum atomic E-state index is 13.6. The molecular weight excluding hydrogens is 375 g/mol. The number of nitrogens with one attached hydrogen (secondary N) is 1. The summed E-state index contributed by atoms with van der Waals surface area (Å²) in [5.41, 5.74) is 3.97. The first kappa shape index (κ1) is 22.1. The van der Waals surface area contributed by atoms with E-state index in [1.807, 2.05) is 52.2 Å². The summed E-state index contributed by atoms with van der Waals surface area (Å²) in [6, 6.07) is 10.2. The Hall–Kier alpha value is -2.17. The predicted molar refractivity (Wildman–Crippen MR) is 117 cm³/mol. The van der Waals surface area contributed by atoms with E-state index in [0.29, 0.717) is 16.3 Å². The minimum absolute atomic E-state index is 0.0199. The molecule has 0 aliphatic rings. The summed E-state index contributed by atoms with van der Waals surface area (Å²) in [5.74, 6) is -0.387. The number of allylic oxidation sites excluding steroid dienone is 1. The molecule has 150 valence electrons. The molecule has 0 aromatic heterocycles. The molecule has 2 N–H and O–H groups in total. The first-order valence-electron chi connectivity index (χ1n) is 9.29. The monoisotopic (exact) mass is 402 g/mol. The maximum absolute atomic E-state index is 13.6. The fourth-order valence-corrected chi connectivity index (χ4v) is 3.23. The lowest BCUT2D eigenvalue weighted by atomic mass is 9.88. The van der Waals surface area contributed by atoms with Gasteiger partial charge in [-0.2, -0.15) is 0 Å². The number of hydrogen-bond donors (Lipinski definition) is 2. The SMILES string of the molecule is CN/C=C(\C)c1cc(C(C)(C)O)ccc1/C(=N\C(C)C)c1ccc(F)cc1Cl. The lowest BCUT2D eigenvalue weighted by Gasteiger charge is -2.22. The molecule has 0 spiro atoms. The van der Waals surface area contributed by atoms with Gasteiger partial charge in [0, 0.05) is 24.2 Å². The Labute approximate surface area is 172 Å². The Morgan fingerprint density at radius 2 is 1.79 bits per heavy atom. The van der Waals surface area contributed by atoms with Crippen LogP contribution in [-0.2, 0) is 5.60 Å². The number of aliphatic hydroxyl groups is 1. The standard InChI is InChI=1S/C23H28ClFN2O/c1-14(2)27-22(19-10-8-17(25)12-21(19)24)18-9-7-16(23(4,5)28)11-20(18)15(3)13-26-6/h7-14,26,28H,1-6H3/b15-13+,27-22+. The summed E-state index contributed by atoms with van der Waals surface area (Å²) in [4.78, 5) is 4.80.